The Hall–Kier alpha value is -2.60. The highest BCUT2D eigenvalue weighted by Crippen LogP contribution is 2.39. The number of amides is 2. The number of hydrogen-bond acceptors (Lipinski definition) is 4. The number of benzene rings is 1. The zero-order chi connectivity index (χ0) is 19.6. The molecular weight excluding hydrogens is 356 g/mol. The number of nitrogens with zero attached hydrogens (tertiary/aromatic N) is 1. The zero-order valence-corrected chi connectivity index (χ0v) is 16.1. The van der Waals surface area contributed by atoms with E-state index in [-0.39, 0.29) is 23.5 Å². The Labute approximate surface area is 164 Å². The predicted molar refractivity (Wildman–Crippen MR) is 104 cm³/mol. The maximum absolute atomic E-state index is 12.4. The Morgan fingerprint density at radius 1 is 1.18 bits per heavy atom. The number of aryl methyl sites for hydroxylation is 1. The zero-order valence-electron chi connectivity index (χ0n) is 16.1. The second-order valence-electron chi connectivity index (χ2n) is 7.79. The predicted octanol–water partition coefficient (Wildman–Crippen LogP) is 3.17. The Morgan fingerprint density at radius 3 is 2.68 bits per heavy atom. The summed E-state index contributed by atoms with van der Waals surface area (Å²) in [6, 6.07) is 9.29. The van der Waals surface area contributed by atoms with Crippen LogP contribution in [0, 0.1) is 6.92 Å². The van der Waals surface area contributed by atoms with E-state index in [1.165, 1.54) is 12.5 Å². The van der Waals surface area contributed by atoms with Crippen LogP contribution in [0.25, 0.3) is 0 Å². The van der Waals surface area contributed by atoms with Crippen LogP contribution in [0.4, 0.5) is 0 Å². The largest absolute Gasteiger partial charge is 0.472 e. The van der Waals surface area contributed by atoms with Crippen LogP contribution >= 0.6 is 0 Å². The summed E-state index contributed by atoms with van der Waals surface area (Å²) < 4.78 is 11.4. The summed E-state index contributed by atoms with van der Waals surface area (Å²) in [4.78, 5) is 26.7. The standard InChI is InChI=1S/C22H26N2O4/c1-16-4-2-3-5-19(16)20(25)23-14-18-6-8-22(28-18)9-11-24(12-10-22)21(26)17-7-13-27-15-17/h2-5,7,13,15,18H,6,8-12,14H2,1H3,(H,23,25)/t18-/m1/s1. The number of rotatable bonds is 4. The third-order valence-corrected chi connectivity index (χ3v) is 5.95. The van der Waals surface area contributed by atoms with E-state index in [2.05, 4.69) is 5.32 Å². The molecule has 6 nitrogen and oxygen atoms in total. The molecule has 1 aromatic heterocycles. The smallest absolute Gasteiger partial charge is 0.257 e. The van der Waals surface area contributed by atoms with Crippen molar-refractivity contribution in [2.45, 2.75) is 44.3 Å². The molecular formula is C22H26N2O4. The molecule has 2 aromatic rings. The average molecular weight is 382 g/mol. The van der Waals surface area contributed by atoms with Crippen LogP contribution in [0.2, 0.25) is 0 Å². The molecule has 1 atom stereocenters. The van der Waals surface area contributed by atoms with E-state index in [9.17, 15) is 9.59 Å². The highest BCUT2D eigenvalue weighted by Gasteiger charge is 2.43. The number of hydrogen-bond donors (Lipinski definition) is 1. The van der Waals surface area contributed by atoms with Crippen LogP contribution in [0.5, 0.6) is 0 Å². The summed E-state index contributed by atoms with van der Waals surface area (Å²) in [5.74, 6) is -0.0354. The summed E-state index contributed by atoms with van der Waals surface area (Å²) in [6.45, 7) is 3.83. The quantitative estimate of drug-likeness (QED) is 0.882. The third-order valence-electron chi connectivity index (χ3n) is 5.95. The molecule has 3 heterocycles. The lowest BCUT2D eigenvalue weighted by atomic mass is 9.88. The summed E-state index contributed by atoms with van der Waals surface area (Å²) in [5, 5.41) is 3.01. The van der Waals surface area contributed by atoms with E-state index in [0.29, 0.717) is 30.8 Å². The molecule has 0 radical (unpaired) electrons. The van der Waals surface area contributed by atoms with Gasteiger partial charge in [0.15, 0.2) is 0 Å². The van der Waals surface area contributed by atoms with Gasteiger partial charge in [-0.3, -0.25) is 9.59 Å². The first kappa shape index (κ1) is 18.7. The maximum Gasteiger partial charge on any atom is 0.257 e. The van der Waals surface area contributed by atoms with Crippen LogP contribution in [-0.4, -0.2) is 48.1 Å². The van der Waals surface area contributed by atoms with Gasteiger partial charge in [0, 0.05) is 25.2 Å². The van der Waals surface area contributed by atoms with Gasteiger partial charge in [0.1, 0.15) is 6.26 Å². The second kappa shape index (κ2) is 7.80. The molecule has 28 heavy (non-hydrogen) atoms. The monoisotopic (exact) mass is 382 g/mol. The first-order chi connectivity index (χ1) is 13.6. The van der Waals surface area contributed by atoms with E-state index in [1.807, 2.05) is 36.1 Å². The van der Waals surface area contributed by atoms with Gasteiger partial charge in [0.25, 0.3) is 11.8 Å². The van der Waals surface area contributed by atoms with Crippen molar-refractivity contribution >= 4 is 11.8 Å². The van der Waals surface area contributed by atoms with Gasteiger partial charge in [-0.2, -0.15) is 0 Å². The molecule has 1 aromatic carbocycles. The Kier molecular flexibility index (Phi) is 5.22. The highest BCUT2D eigenvalue weighted by molar-refractivity contribution is 5.95. The lowest BCUT2D eigenvalue weighted by Crippen LogP contribution is -2.47. The Bertz CT molecular complexity index is 838. The van der Waals surface area contributed by atoms with Gasteiger partial charge in [0.05, 0.1) is 23.5 Å². The molecule has 1 spiro atoms. The van der Waals surface area contributed by atoms with Gasteiger partial charge in [0.2, 0.25) is 0 Å². The van der Waals surface area contributed by atoms with Crippen LogP contribution in [0.15, 0.2) is 47.3 Å². The number of piperidine rings is 1. The van der Waals surface area contributed by atoms with Crippen molar-refractivity contribution in [2.24, 2.45) is 0 Å². The van der Waals surface area contributed by atoms with Gasteiger partial charge >= 0.3 is 0 Å². The number of ether oxygens (including phenoxy) is 1. The Morgan fingerprint density at radius 2 is 1.96 bits per heavy atom. The normalized spacial score (nSPS) is 21.0. The van der Waals surface area contributed by atoms with Gasteiger partial charge < -0.3 is 19.4 Å². The summed E-state index contributed by atoms with van der Waals surface area (Å²) in [6.07, 6.45) is 6.62. The fourth-order valence-corrected chi connectivity index (χ4v) is 4.22. The second-order valence-corrected chi connectivity index (χ2v) is 7.79. The van der Waals surface area contributed by atoms with Gasteiger partial charge in [-0.1, -0.05) is 18.2 Å². The molecule has 0 aliphatic carbocycles. The van der Waals surface area contributed by atoms with E-state index in [0.717, 1.165) is 31.2 Å². The first-order valence-electron chi connectivity index (χ1n) is 9.89. The summed E-state index contributed by atoms with van der Waals surface area (Å²) in [7, 11) is 0. The van der Waals surface area contributed by atoms with Crippen LogP contribution in [-0.2, 0) is 4.74 Å². The third kappa shape index (κ3) is 3.83. The minimum absolute atomic E-state index is 0.0173. The molecule has 2 saturated heterocycles. The van der Waals surface area contributed by atoms with E-state index in [1.54, 1.807) is 6.07 Å². The topological polar surface area (TPSA) is 71.8 Å². The number of furan rings is 1. The van der Waals surface area contributed by atoms with Gasteiger partial charge in [-0.25, -0.2) is 0 Å². The van der Waals surface area contributed by atoms with E-state index >= 15 is 0 Å². The summed E-state index contributed by atoms with van der Waals surface area (Å²) >= 11 is 0. The van der Waals surface area contributed by atoms with Crippen molar-refractivity contribution in [1.29, 1.82) is 0 Å². The number of likely N-dealkylation sites (tertiary alicyclic amines) is 1. The Balaban J connectivity index is 1.27. The molecule has 2 fully saturated rings. The summed E-state index contributed by atoms with van der Waals surface area (Å²) in [5.41, 5.74) is 2.12. The van der Waals surface area contributed by atoms with Crippen molar-refractivity contribution in [3.8, 4) is 0 Å². The van der Waals surface area contributed by atoms with Crippen molar-refractivity contribution in [3.05, 3.63) is 59.5 Å². The van der Waals surface area contributed by atoms with Crippen LogP contribution in [0.1, 0.15) is 52.0 Å². The number of carbonyl (C=O) groups is 2. The average Bonchev–Trinajstić information content (AvgIpc) is 3.37. The number of nitrogens with one attached hydrogen (secondary N) is 1. The highest BCUT2D eigenvalue weighted by atomic mass is 16.5. The first-order valence-corrected chi connectivity index (χ1v) is 9.89. The molecule has 0 saturated carbocycles. The maximum atomic E-state index is 12.4. The van der Waals surface area contributed by atoms with Crippen molar-refractivity contribution in [2.75, 3.05) is 19.6 Å². The van der Waals surface area contributed by atoms with Gasteiger partial charge in [-0.15, -0.1) is 0 Å². The number of carbonyl (C=O) groups excluding carboxylic acids is 2. The molecule has 0 unspecified atom stereocenters. The van der Waals surface area contributed by atoms with Crippen LogP contribution < -0.4 is 5.32 Å². The molecule has 4 rings (SSSR count). The minimum Gasteiger partial charge on any atom is -0.472 e. The molecule has 6 heteroatoms. The minimum atomic E-state index is -0.161. The fraction of sp³-hybridized carbons (Fsp3) is 0.455. The molecule has 2 aliphatic rings. The fourth-order valence-electron chi connectivity index (χ4n) is 4.22. The SMILES string of the molecule is Cc1ccccc1C(=O)NC[C@H]1CCC2(CCN(C(=O)c3ccoc3)CC2)O1. The van der Waals surface area contributed by atoms with E-state index < -0.39 is 0 Å². The molecule has 1 N–H and O–H groups in total. The lowest BCUT2D eigenvalue weighted by molar-refractivity contribution is -0.0712. The van der Waals surface area contributed by atoms with Crippen molar-refractivity contribution in [1.82, 2.24) is 10.2 Å². The molecule has 2 aliphatic heterocycles. The van der Waals surface area contributed by atoms with Crippen LogP contribution in [0.3, 0.4) is 0 Å². The van der Waals surface area contributed by atoms with Crippen molar-refractivity contribution < 1.29 is 18.7 Å². The van der Waals surface area contributed by atoms with Gasteiger partial charge in [-0.05, 0) is 50.3 Å². The molecule has 0 bridgehead atoms. The lowest BCUT2D eigenvalue weighted by Gasteiger charge is -2.39. The molecule has 148 valence electrons. The molecule has 2 amide bonds. The van der Waals surface area contributed by atoms with Crippen molar-refractivity contribution in [3.63, 3.8) is 0 Å². The van der Waals surface area contributed by atoms with E-state index in [4.69, 9.17) is 9.15 Å².